The molecule has 0 bridgehead atoms. The Kier molecular flexibility index (Phi) is 5.36. The molecule has 2 aromatic rings. The van der Waals surface area contributed by atoms with E-state index in [-0.39, 0.29) is 42.0 Å². The van der Waals surface area contributed by atoms with Crippen LogP contribution in [0.1, 0.15) is 35.8 Å². The van der Waals surface area contributed by atoms with Gasteiger partial charge in [0.15, 0.2) is 0 Å². The third-order valence-electron chi connectivity index (χ3n) is 4.62. The molecule has 1 aliphatic rings. The van der Waals surface area contributed by atoms with Crippen molar-refractivity contribution in [1.82, 2.24) is 24.8 Å². The smallest absolute Gasteiger partial charge is 0.328 e. The summed E-state index contributed by atoms with van der Waals surface area (Å²) in [6, 6.07) is 1.42. The summed E-state index contributed by atoms with van der Waals surface area (Å²) in [5.74, 6) is 0.275. The van der Waals surface area contributed by atoms with Crippen LogP contribution in [-0.2, 0) is 29.6 Å². The van der Waals surface area contributed by atoms with Gasteiger partial charge in [-0.2, -0.15) is 0 Å². The highest BCUT2D eigenvalue weighted by Gasteiger charge is 2.33. The molecule has 1 aliphatic carbocycles. The number of ether oxygens (including phenoxy) is 1. The highest BCUT2D eigenvalue weighted by molar-refractivity contribution is 5.78. The first-order valence-corrected chi connectivity index (χ1v) is 8.53. The van der Waals surface area contributed by atoms with E-state index >= 15 is 0 Å². The zero-order valence-corrected chi connectivity index (χ0v) is 15.1. The fourth-order valence-corrected chi connectivity index (χ4v) is 3.11. The molecule has 3 N–H and O–H groups in total. The fraction of sp³-hybridized carbons (Fsp3) is 0.471. The second kappa shape index (κ2) is 7.70. The van der Waals surface area contributed by atoms with Crippen LogP contribution in [0.15, 0.2) is 26.6 Å². The van der Waals surface area contributed by atoms with Crippen molar-refractivity contribution in [3.05, 3.63) is 60.5 Å². The molecule has 0 aromatic carbocycles. The summed E-state index contributed by atoms with van der Waals surface area (Å²) in [5.41, 5.74) is -0.326. The lowest BCUT2D eigenvalue weighted by molar-refractivity contribution is -0.121. The summed E-state index contributed by atoms with van der Waals surface area (Å²) in [5, 5.41) is 2.86. The maximum Gasteiger partial charge on any atom is 0.328 e. The van der Waals surface area contributed by atoms with Crippen LogP contribution in [0.3, 0.4) is 0 Å². The average Bonchev–Trinajstić information content (AvgIpc) is 2.58. The third kappa shape index (κ3) is 4.22. The fourth-order valence-electron chi connectivity index (χ4n) is 3.11. The summed E-state index contributed by atoms with van der Waals surface area (Å²) in [6.07, 6.45) is 2.49. The van der Waals surface area contributed by atoms with E-state index in [9.17, 15) is 19.2 Å². The summed E-state index contributed by atoms with van der Waals surface area (Å²) < 4.78 is 5.91. The Morgan fingerprint density at radius 1 is 1.37 bits per heavy atom. The zero-order chi connectivity index (χ0) is 19.6. The Bertz CT molecular complexity index is 1020. The van der Waals surface area contributed by atoms with E-state index in [1.165, 1.54) is 26.4 Å². The number of H-pyrrole nitrogens is 2. The second-order valence-electron chi connectivity index (χ2n) is 6.64. The predicted molar refractivity (Wildman–Crippen MR) is 95.5 cm³/mol. The van der Waals surface area contributed by atoms with E-state index in [1.54, 1.807) is 0 Å². The summed E-state index contributed by atoms with van der Waals surface area (Å²) in [4.78, 5) is 56.6. The topological polar surface area (TPSA) is 139 Å². The van der Waals surface area contributed by atoms with E-state index in [2.05, 4.69) is 20.3 Å². The molecule has 2 aromatic heterocycles. The van der Waals surface area contributed by atoms with Gasteiger partial charge in [0.1, 0.15) is 12.4 Å². The van der Waals surface area contributed by atoms with E-state index in [4.69, 9.17) is 4.74 Å². The molecule has 27 heavy (non-hydrogen) atoms. The molecule has 144 valence electrons. The Labute approximate surface area is 153 Å². The molecule has 10 heteroatoms. The van der Waals surface area contributed by atoms with Gasteiger partial charge in [0.05, 0.1) is 12.1 Å². The van der Waals surface area contributed by atoms with Gasteiger partial charge >= 0.3 is 5.69 Å². The molecule has 0 saturated heterocycles. The number of nitrogens with zero attached hydrogens (tertiary/aromatic N) is 2. The summed E-state index contributed by atoms with van der Waals surface area (Å²) in [7, 11) is 2.88. The molecule has 1 fully saturated rings. The lowest BCUT2D eigenvalue weighted by Crippen LogP contribution is -2.45. The average molecular weight is 375 g/mol. The van der Waals surface area contributed by atoms with Crippen LogP contribution in [0.25, 0.3) is 0 Å². The Hall–Kier alpha value is -3.01. The number of amides is 1. The lowest BCUT2D eigenvalue weighted by atomic mass is 9.78. The number of methoxy groups -OCH3 is 1. The van der Waals surface area contributed by atoms with Gasteiger partial charge in [-0.1, -0.05) is 0 Å². The molecule has 1 amide bonds. The number of carbonyl (C=O) groups is 1. The van der Waals surface area contributed by atoms with Gasteiger partial charge in [0, 0.05) is 43.9 Å². The van der Waals surface area contributed by atoms with Crippen LogP contribution in [0.2, 0.25) is 0 Å². The van der Waals surface area contributed by atoms with E-state index in [0.29, 0.717) is 24.4 Å². The zero-order valence-electron chi connectivity index (χ0n) is 15.1. The molecule has 0 unspecified atom stereocenters. The number of aromatic amines is 2. The van der Waals surface area contributed by atoms with Crippen molar-refractivity contribution in [2.45, 2.75) is 37.8 Å². The number of nitrogens with one attached hydrogen (secondary N) is 3. The van der Waals surface area contributed by atoms with Crippen LogP contribution in [0.4, 0.5) is 0 Å². The summed E-state index contributed by atoms with van der Waals surface area (Å²) in [6.45, 7) is 0.226. The first-order valence-electron chi connectivity index (χ1n) is 8.53. The molecule has 0 spiro atoms. The minimum Gasteiger partial charge on any atom is -0.377 e. The minimum atomic E-state index is -0.524. The van der Waals surface area contributed by atoms with Crippen molar-refractivity contribution in [2.75, 3.05) is 7.11 Å². The summed E-state index contributed by atoms with van der Waals surface area (Å²) >= 11 is 0. The minimum absolute atomic E-state index is 0.0407. The van der Waals surface area contributed by atoms with Crippen molar-refractivity contribution in [2.24, 2.45) is 7.05 Å². The molecule has 3 rings (SSSR count). The van der Waals surface area contributed by atoms with Gasteiger partial charge in [-0.3, -0.25) is 19.0 Å². The van der Waals surface area contributed by atoms with Gasteiger partial charge in [0.2, 0.25) is 5.91 Å². The molecule has 0 atom stereocenters. The molecule has 2 heterocycles. The number of carbonyl (C=O) groups excluding carboxylic acids is 1. The van der Waals surface area contributed by atoms with Gasteiger partial charge < -0.3 is 20.0 Å². The normalized spacial score (nSPS) is 18.7. The highest BCUT2D eigenvalue weighted by Crippen LogP contribution is 2.35. The molecular weight excluding hydrogens is 354 g/mol. The largest absolute Gasteiger partial charge is 0.377 e. The maximum absolute atomic E-state index is 12.2. The molecule has 0 aliphatic heterocycles. The van der Waals surface area contributed by atoms with E-state index < -0.39 is 11.2 Å². The van der Waals surface area contributed by atoms with Crippen LogP contribution in [0.5, 0.6) is 0 Å². The third-order valence-corrected chi connectivity index (χ3v) is 4.62. The first kappa shape index (κ1) is 18.8. The molecule has 1 saturated carbocycles. The van der Waals surface area contributed by atoms with Crippen molar-refractivity contribution in [1.29, 1.82) is 0 Å². The van der Waals surface area contributed by atoms with Crippen LogP contribution in [-0.4, -0.2) is 38.6 Å². The van der Waals surface area contributed by atoms with Crippen molar-refractivity contribution < 1.29 is 9.53 Å². The van der Waals surface area contributed by atoms with Gasteiger partial charge in [0.25, 0.3) is 11.1 Å². The SMILES string of the molecule is COCc1nc(C2CC(NC(=O)Cc3c[nH]c(=O)n(C)c3=O)C2)cc(=O)[nH]1. The Balaban J connectivity index is 1.57. The number of hydrogen-bond donors (Lipinski definition) is 3. The van der Waals surface area contributed by atoms with Gasteiger partial charge in [-0.05, 0) is 12.8 Å². The van der Waals surface area contributed by atoms with Crippen molar-refractivity contribution >= 4 is 5.91 Å². The van der Waals surface area contributed by atoms with Crippen LogP contribution < -0.4 is 22.1 Å². The standard InChI is InChI=1S/C17H21N5O5/c1-22-16(25)10(7-18-17(22)26)5-14(23)19-11-3-9(4-11)12-6-15(24)21-13(20-12)8-27-2/h6-7,9,11H,3-5,8H2,1-2H3,(H,18,26)(H,19,23)(H,20,21,24). The van der Waals surface area contributed by atoms with E-state index in [1.807, 2.05) is 0 Å². The van der Waals surface area contributed by atoms with Crippen LogP contribution in [0, 0.1) is 0 Å². The monoisotopic (exact) mass is 375 g/mol. The Morgan fingerprint density at radius 2 is 2.11 bits per heavy atom. The highest BCUT2D eigenvalue weighted by atomic mass is 16.5. The number of hydrogen-bond acceptors (Lipinski definition) is 6. The Morgan fingerprint density at radius 3 is 2.81 bits per heavy atom. The van der Waals surface area contributed by atoms with Gasteiger partial charge in [-0.25, -0.2) is 9.78 Å². The molecule has 0 radical (unpaired) electrons. The number of rotatable bonds is 6. The molecule has 10 nitrogen and oxygen atoms in total. The second-order valence-corrected chi connectivity index (χ2v) is 6.64. The quantitative estimate of drug-likeness (QED) is 0.586. The van der Waals surface area contributed by atoms with Crippen molar-refractivity contribution in [3.8, 4) is 0 Å². The lowest BCUT2D eigenvalue weighted by Gasteiger charge is -2.35. The maximum atomic E-state index is 12.2. The first-order chi connectivity index (χ1) is 12.9. The molecular formula is C17H21N5O5. The van der Waals surface area contributed by atoms with E-state index in [0.717, 1.165) is 4.57 Å². The number of aromatic nitrogens is 4. The van der Waals surface area contributed by atoms with Crippen LogP contribution >= 0.6 is 0 Å². The van der Waals surface area contributed by atoms with Crippen molar-refractivity contribution in [3.63, 3.8) is 0 Å². The van der Waals surface area contributed by atoms with Gasteiger partial charge in [-0.15, -0.1) is 0 Å². The predicted octanol–water partition coefficient (Wildman–Crippen LogP) is -1.09.